The van der Waals surface area contributed by atoms with E-state index in [1.165, 1.54) is 19.3 Å². The summed E-state index contributed by atoms with van der Waals surface area (Å²) in [5, 5.41) is 2.99. The number of likely N-dealkylation sites (tertiary alicyclic amines) is 1. The molecule has 19 heavy (non-hydrogen) atoms. The molecule has 1 aromatic rings. The molecule has 104 valence electrons. The maximum Gasteiger partial charge on any atom is 0.251 e. The first-order chi connectivity index (χ1) is 9.16. The average Bonchev–Trinajstić information content (AvgIpc) is 2.41. The molecule has 1 saturated heterocycles. The molecule has 1 fully saturated rings. The van der Waals surface area contributed by atoms with Crippen LogP contribution in [-0.4, -0.2) is 36.5 Å². The van der Waals surface area contributed by atoms with E-state index in [1.54, 1.807) is 0 Å². The standard InChI is InChI=1S/C15H21BrN2O/c1-12-5-2-3-9-18(12)10-8-17-15(19)13-6-4-7-14(16)11-13/h4,6-7,11-12H,2-3,5,8-10H2,1H3,(H,17,19)/t12-/m0/s1. The van der Waals surface area contributed by atoms with Crippen LogP contribution in [0, 0.1) is 0 Å². The molecule has 0 aromatic heterocycles. The van der Waals surface area contributed by atoms with Crippen LogP contribution in [0.5, 0.6) is 0 Å². The molecule has 0 aliphatic carbocycles. The Morgan fingerprint density at radius 3 is 3.05 bits per heavy atom. The van der Waals surface area contributed by atoms with Crippen LogP contribution in [0.3, 0.4) is 0 Å². The second-order valence-electron chi connectivity index (χ2n) is 5.15. The van der Waals surface area contributed by atoms with Crippen LogP contribution in [0.25, 0.3) is 0 Å². The Morgan fingerprint density at radius 1 is 1.47 bits per heavy atom. The molecule has 1 aliphatic heterocycles. The summed E-state index contributed by atoms with van der Waals surface area (Å²) in [6, 6.07) is 8.14. The van der Waals surface area contributed by atoms with E-state index in [0.717, 1.165) is 24.1 Å². The van der Waals surface area contributed by atoms with Crippen LogP contribution in [-0.2, 0) is 0 Å². The molecule has 0 spiro atoms. The van der Waals surface area contributed by atoms with E-state index in [2.05, 4.69) is 33.1 Å². The van der Waals surface area contributed by atoms with Crippen molar-refractivity contribution in [2.24, 2.45) is 0 Å². The predicted molar refractivity (Wildman–Crippen MR) is 81.4 cm³/mol. The molecule has 0 radical (unpaired) electrons. The van der Waals surface area contributed by atoms with Gasteiger partial charge in [0, 0.05) is 29.2 Å². The Bertz CT molecular complexity index is 436. The van der Waals surface area contributed by atoms with Crippen LogP contribution in [0.4, 0.5) is 0 Å². The van der Waals surface area contributed by atoms with E-state index < -0.39 is 0 Å². The minimum Gasteiger partial charge on any atom is -0.351 e. The quantitative estimate of drug-likeness (QED) is 0.923. The maximum absolute atomic E-state index is 12.0. The van der Waals surface area contributed by atoms with Gasteiger partial charge in [-0.15, -0.1) is 0 Å². The minimum absolute atomic E-state index is 0.00552. The molecule has 1 N–H and O–H groups in total. The summed E-state index contributed by atoms with van der Waals surface area (Å²) < 4.78 is 0.935. The lowest BCUT2D eigenvalue weighted by Crippen LogP contribution is -2.42. The third-order valence-electron chi connectivity index (χ3n) is 3.71. The average molecular weight is 325 g/mol. The first-order valence-electron chi connectivity index (χ1n) is 6.94. The van der Waals surface area contributed by atoms with Crippen LogP contribution in [0.15, 0.2) is 28.7 Å². The number of hydrogen-bond donors (Lipinski definition) is 1. The van der Waals surface area contributed by atoms with Gasteiger partial charge in [-0.25, -0.2) is 0 Å². The van der Waals surface area contributed by atoms with E-state index in [0.29, 0.717) is 11.6 Å². The van der Waals surface area contributed by atoms with Gasteiger partial charge in [-0.05, 0) is 44.5 Å². The lowest BCUT2D eigenvalue weighted by molar-refractivity contribution is 0.0938. The van der Waals surface area contributed by atoms with E-state index in [-0.39, 0.29) is 5.91 Å². The zero-order valence-corrected chi connectivity index (χ0v) is 12.9. The summed E-state index contributed by atoms with van der Waals surface area (Å²) in [5.41, 5.74) is 0.709. The highest BCUT2D eigenvalue weighted by molar-refractivity contribution is 9.10. The summed E-state index contributed by atoms with van der Waals surface area (Å²) in [7, 11) is 0. The zero-order valence-electron chi connectivity index (χ0n) is 11.4. The second kappa shape index (κ2) is 7.06. The van der Waals surface area contributed by atoms with Gasteiger partial charge in [-0.2, -0.15) is 0 Å². The smallest absolute Gasteiger partial charge is 0.251 e. The third-order valence-corrected chi connectivity index (χ3v) is 4.21. The number of rotatable bonds is 4. The Balaban J connectivity index is 1.77. The van der Waals surface area contributed by atoms with Gasteiger partial charge >= 0.3 is 0 Å². The number of halogens is 1. The Kier molecular flexibility index (Phi) is 5.40. The van der Waals surface area contributed by atoms with Gasteiger partial charge < -0.3 is 5.32 Å². The van der Waals surface area contributed by atoms with E-state index in [1.807, 2.05) is 24.3 Å². The highest BCUT2D eigenvalue weighted by Gasteiger charge is 2.17. The molecule has 3 nitrogen and oxygen atoms in total. The molecule has 1 amide bonds. The van der Waals surface area contributed by atoms with E-state index in [4.69, 9.17) is 0 Å². The molecular formula is C15H21BrN2O. The normalized spacial score (nSPS) is 20.2. The summed E-state index contributed by atoms with van der Waals surface area (Å²) >= 11 is 3.38. The number of benzene rings is 1. The van der Waals surface area contributed by atoms with Gasteiger partial charge in [-0.1, -0.05) is 28.4 Å². The van der Waals surface area contributed by atoms with Crippen molar-refractivity contribution in [1.82, 2.24) is 10.2 Å². The molecular weight excluding hydrogens is 304 g/mol. The van der Waals surface area contributed by atoms with E-state index >= 15 is 0 Å². The number of carbonyl (C=O) groups is 1. The van der Waals surface area contributed by atoms with Gasteiger partial charge in [0.1, 0.15) is 0 Å². The van der Waals surface area contributed by atoms with Crippen molar-refractivity contribution in [1.29, 1.82) is 0 Å². The lowest BCUT2D eigenvalue weighted by Gasteiger charge is -2.33. The van der Waals surface area contributed by atoms with Crippen molar-refractivity contribution >= 4 is 21.8 Å². The molecule has 0 unspecified atom stereocenters. The fourth-order valence-electron chi connectivity index (χ4n) is 2.53. The Hall–Kier alpha value is -0.870. The fraction of sp³-hybridized carbons (Fsp3) is 0.533. The zero-order chi connectivity index (χ0) is 13.7. The minimum atomic E-state index is 0.00552. The number of piperidine rings is 1. The monoisotopic (exact) mass is 324 g/mol. The molecule has 4 heteroatoms. The molecule has 1 atom stereocenters. The van der Waals surface area contributed by atoms with Gasteiger partial charge in [0.25, 0.3) is 5.91 Å². The molecule has 1 aromatic carbocycles. The highest BCUT2D eigenvalue weighted by Crippen LogP contribution is 2.15. The molecule has 2 rings (SSSR count). The number of nitrogens with zero attached hydrogens (tertiary/aromatic N) is 1. The summed E-state index contributed by atoms with van der Waals surface area (Å²) in [4.78, 5) is 14.4. The van der Waals surface area contributed by atoms with E-state index in [9.17, 15) is 4.79 Å². The predicted octanol–water partition coefficient (Wildman–Crippen LogP) is 3.05. The third kappa shape index (κ3) is 4.32. The Morgan fingerprint density at radius 2 is 2.32 bits per heavy atom. The fourth-order valence-corrected chi connectivity index (χ4v) is 2.93. The van der Waals surface area contributed by atoms with Crippen LogP contribution < -0.4 is 5.32 Å². The molecule has 0 saturated carbocycles. The number of nitrogens with one attached hydrogen (secondary N) is 1. The summed E-state index contributed by atoms with van der Waals surface area (Å²) in [5.74, 6) is 0.00552. The first kappa shape index (κ1) is 14.5. The molecule has 1 aliphatic rings. The Labute approximate surface area is 123 Å². The van der Waals surface area contributed by atoms with Crippen molar-refractivity contribution in [3.05, 3.63) is 34.3 Å². The summed E-state index contributed by atoms with van der Waals surface area (Å²) in [6.45, 7) is 5.10. The van der Waals surface area contributed by atoms with Crippen molar-refractivity contribution in [2.75, 3.05) is 19.6 Å². The van der Waals surface area contributed by atoms with Gasteiger partial charge in [0.2, 0.25) is 0 Å². The number of carbonyl (C=O) groups excluding carboxylic acids is 1. The lowest BCUT2D eigenvalue weighted by atomic mass is 10.0. The number of hydrogen-bond acceptors (Lipinski definition) is 2. The summed E-state index contributed by atoms with van der Waals surface area (Å²) in [6.07, 6.45) is 3.89. The first-order valence-corrected chi connectivity index (χ1v) is 7.74. The molecule has 0 bridgehead atoms. The van der Waals surface area contributed by atoms with Gasteiger partial charge in [0.15, 0.2) is 0 Å². The highest BCUT2D eigenvalue weighted by atomic mass is 79.9. The second-order valence-corrected chi connectivity index (χ2v) is 6.06. The largest absolute Gasteiger partial charge is 0.351 e. The van der Waals surface area contributed by atoms with Crippen molar-refractivity contribution in [3.8, 4) is 0 Å². The van der Waals surface area contributed by atoms with Crippen molar-refractivity contribution < 1.29 is 4.79 Å². The van der Waals surface area contributed by atoms with Crippen molar-refractivity contribution in [3.63, 3.8) is 0 Å². The molecule has 1 heterocycles. The van der Waals surface area contributed by atoms with Gasteiger partial charge in [0.05, 0.1) is 0 Å². The number of amides is 1. The van der Waals surface area contributed by atoms with Crippen molar-refractivity contribution in [2.45, 2.75) is 32.2 Å². The van der Waals surface area contributed by atoms with Crippen LogP contribution in [0.2, 0.25) is 0 Å². The SMILES string of the molecule is C[C@H]1CCCCN1CCNC(=O)c1cccc(Br)c1. The van der Waals surface area contributed by atoms with Crippen LogP contribution in [0.1, 0.15) is 36.5 Å². The van der Waals surface area contributed by atoms with Gasteiger partial charge in [-0.3, -0.25) is 9.69 Å². The topological polar surface area (TPSA) is 32.3 Å². The van der Waals surface area contributed by atoms with Crippen LogP contribution >= 0.6 is 15.9 Å². The maximum atomic E-state index is 12.0.